The van der Waals surface area contributed by atoms with Crippen LogP contribution in [0.3, 0.4) is 0 Å². The van der Waals surface area contributed by atoms with Crippen molar-refractivity contribution in [2.24, 2.45) is 28.6 Å². The van der Waals surface area contributed by atoms with E-state index in [9.17, 15) is 9.59 Å². The molecule has 0 aromatic rings. The lowest BCUT2D eigenvalue weighted by molar-refractivity contribution is -0.179. The van der Waals surface area contributed by atoms with Crippen LogP contribution in [0.25, 0.3) is 0 Å². The maximum absolute atomic E-state index is 13.9. The predicted octanol–water partition coefficient (Wildman–Crippen LogP) is 2.24. The third-order valence-corrected chi connectivity index (χ3v) is 8.26. The molecule has 2 aliphatic heterocycles. The Morgan fingerprint density at radius 1 is 1.33 bits per heavy atom. The van der Waals surface area contributed by atoms with Crippen molar-refractivity contribution in [2.75, 3.05) is 20.7 Å². The molecule has 2 saturated carbocycles. The van der Waals surface area contributed by atoms with Crippen molar-refractivity contribution in [3.05, 3.63) is 35.8 Å². The maximum atomic E-state index is 13.9. The van der Waals surface area contributed by atoms with Gasteiger partial charge in [0.2, 0.25) is 0 Å². The van der Waals surface area contributed by atoms with Crippen LogP contribution in [-0.2, 0) is 19.1 Å². The highest BCUT2D eigenvalue weighted by Crippen LogP contribution is 2.72. The second-order valence-electron chi connectivity index (χ2n) is 9.20. The summed E-state index contributed by atoms with van der Waals surface area (Å²) < 4.78 is 12.0. The van der Waals surface area contributed by atoms with Gasteiger partial charge in [0.05, 0.1) is 12.5 Å². The number of carbonyl (C=O) groups is 2. The molecule has 2 saturated heterocycles. The first-order valence-electron chi connectivity index (χ1n) is 10.2. The van der Waals surface area contributed by atoms with E-state index in [0.29, 0.717) is 5.78 Å². The second kappa shape index (κ2) is 4.93. The molecule has 1 spiro atoms. The van der Waals surface area contributed by atoms with Crippen LogP contribution in [0.15, 0.2) is 35.8 Å². The van der Waals surface area contributed by atoms with Gasteiger partial charge in [0, 0.05) is 23.3 Å². The Balaban J connectivity index is 1.65. The molecule has 5 heteroatoms. The van der Waals surface area contributed by atoms with Crippen molar-refractivity contribution >= 4 is 11.6 Å². The van der Waals surface area contributed by atoms with E-state index in [2.05, 4.69) is 18.0 Å². The average molecular weight is 367 g/mol. The standard InChI is InChI=1S/C22H25NO4/c1-23-10-9-22-17-13-5-6-15(26-2)18(17)27-20(22)14(24)7-8-21(22,16(23)11-13)19(25)12-3-4-12/h5-8,12-13,16-17,20H,3-4,9-11H2,1-2H3/t13?,16-,17?,20+,21?,22+/m1/s1. The van der Waals surface area contributed by atoms with Crippen LogP contribution < -0.4 is 0 Å². The van der Waals surface area contributed by atoms with Gasteiger partial charge in [-0.05, 0) is 57.3 Å². The van der Waals surface area contributed by atoms with Gasteiger partial charge in [0.15, 0.2) is 17.6 Å². The molecular formula is C22H25NO4. The molecule has 5 nitrogen and oxygen atoms in total. The van der Waals surface area contributed by atoms with E-state index in [4.69, 9.17) is 9.47 Å². The van der Waals surface area contributed by atoms with Gasteiger partial charge in [-0.1, -0.05) is 12.2 Å². The van der Waals surface area contributed by atoms with Crippen LogP contribution in [0.4, 0.5) is 0 Å². The zero-order valence-corrected chi connectivity index (χ0v) is 15.8. The molecule has 4 fully saturated rings. The van der Waals surface area contributed by atoms with Crippen molar-refractivity contribution in [1.29, 1.82) is 0 Å². The van der Waals surface area contributed by atoms with E-state index in [0.717, 1.165) is 43.7 Å². The summed E-state index contributed by atoms with van der Waals surface area (Å²) in [5, 5.41) is 0. The highest BCUT2D eigenvalue weighted by Gasteiger charge is 2.78. The van der Waals surface area contributed by atoms with Crippen LogP contribution in [0.1, 0.15) is 25.7 Å². The summed E-state index contributed by atoms with van der Waals surface area (Å²) in [5.74, 6) is 2.39. The number of ether oxygens (including phenoxy) is 2. The van der Waals surface area contributed by atoms with E-state index >= 15 is 0 Å². The Morgan fingerprint density at radius 3 is 2.89 bits per heavy atom. The second-order valence-corrected chi connectivity index (χ2v) is 9.20. The summed E-state index contributed by atoms with van der Waals surface area (Å²) in [4.78, 5) is 29.2. The molecule has 3 unspecified atom stereocenters. The van der Waals surface area contributed by atoms with Crippen LogP contribution in [0.5, 0.6) is 0 Å². The molecule has 142 valence electrons. The van der Waals surface area contributed by atoms with Crippen LogP contribution in [0, 0.1) is 28.6 Å². The minimum atomic E-state index is -0.618. The third-order valence-electron chi connectivity index (χ3n) is 8.26. The van der Waals surface area contributed by atoms with E-state index in [1.165, 1.54) is 0 Å². The lowest BCUT2D eigenvalue weighted by atomic mass is 9.39. The predicted molar refractivity (Wildman–Crippen MR) is 97.4 cm³/mol. The largest absolute Gasteiger partial charge is 0.493 e. The van der Waals surface area contributed by atoms with Gasteiger partial charge in [0.25, 0.3) is 0 Å². The highest BCUT2D eigenvalue weighted by molar-refractivity contribution is 6.02. The fourth-order valence-corrected chi connectivity index (χ4v) is 7.08. The molecule has 0 N–H and O–H groups in total. The van der Waals surface area contributed by atoms with Gasteiger partial charge in [0.1, 0.15) is 11.5 Å². The van der Waals surface area contributed by atoms with Crippen molar-refractivity contribution in [3.63, 3.8) is 0 Å². The van der Waals surface area contributed by atoms with Gasteiger partial charge in [-0.15, -0.1) is 0 Å². The van der Waals surface area contributed by atoms with E-state index in [-0.39, 0.29) is 29.6 Å². The molecule has 0 aromatic heterocycles. The Kier molecular flexibility index (Phi) is 2.94. The number of hydrogen-bond acceptors (Lipinski definition) is 5. The molecule has 4 aliphatic carbocycles. The fourth-order valence-electron chi connectivity index (χ4n) is 7.08. The van der Waals surface area contributed by atoms with E-state index in [1.807, 2.05) is 12.2 Å². The number of Topliss-reactive ketones (excluding diaryl/α,β-unsaturated/α-hetero) is 1. The average Bonchev–Trinajstić information content (AvgIpc) is 3.45. The number of ketones is 2. The number of rotatable bonds is 3. The van der Waals surface area contributed by atoms with Gasteiger partial charge < -0.3 is 14.4 Å². The number of methoxy groups -OCH3 is 1. The monoisotopic (exact) mass is 367 g/mol. The van der Waals surface area contributed by atoms with Crippen molar-refractivity contribution in [2.45, 2.75) is 37.8 Å². The maximum Gasteiger partial charge on any atom is 0.196 e. The number of nitrogens with zero attached hydrogens (tertiary/aromatic N) is 1. The van der Waals surface area contributed by atoms with Gasteiger partial charge >= 0.3 is 0 Å². The molecule has 6 aliphatic rings. The SMILES string of the molecule is COC1=C2O[C@H]3C(=O)C=CC4(C(=O)C5CC5)[C@H]5CC(C=C1)C2[C@@]34CCN5C. The summed E-state index contributed by atoms with van der Waals surface area (Å²) in [6, 6.07) is 0.129. The van der Waals surface area contributed by atoms with E-state index < -0.39 is 16.9 Å². The topological polar surface area (TPSA) is 55.8 Å². The van der Waals surface area contributed by atoms with Crippen LogP contribution >= 0.6 is 0 Å². The number of hydrogen-bond donors (Lipinski definition) is 0. The first kappa shape index (κ1) is 16.1. The highest BCUT2D eigenvalue weighted by atomic mass is 16.5. The summed E-state index contributed by atoms with van der Waals surface area (Å²) in [5.41, 5.74) is -1.09. The zero-order valence-electron chi connectivity index (χ0n) is 15.8. The van der Waals surface area contributed by atoms with Crippen molar-refractivity contribution in [3.8, 4) is 0 Å². The van der Waals surface area contributed by atoms with E-state index in [1.54, 1.807) is 13.2 Å². The Labute approximate surface area is 159 Å². The van der Waals surface area contributed by atoms with Crippen LogP contribution in [-0.4, -0.2) is 49.3 Å². The number of likely N-dealkylation sites (tertiary alicyclic amines) is 1. The normalized spacial score (nSPS) is 47.0. The van der Waals surface area contributed by atoms with Crippen molar-refractivity contribution in [1.82, 2.24) is 4.90 Å². The first-order chi connectivity index (χ1) is 13.0. The van der Waals surface area contributed by atoms with Gasteiger partial charge in [-0.25, -0.2) is 0 Å². The lowest BCUT2D eigenvalue weighted by Gasteiger charge is -2.65. The zero-order chi connectivity index (χ0) is 18.6. The number of allylic oxidation sites excluding steroid dienone is 3. The molecular weight excluding hydrogens is 342 g/mol. The molecule has 0 amide bonds. The summed E-state index contributed by atoms with van der Waals surface area (Å²) in [6.07, 6.45) is 11.0. The van der Waals surface area contributed by atoms with Gasteiger partial charge in [-0.2, -0.15) is 0 Å². The Morgan fingerprint density at radius 2 is 2.15 bits per heavy atom. The molecule has 2 heterocycles. The Hall–Kier alpha value is -1.88. The molecule has 6 rings (SSSR count). The number of piperidine rings is 1. The van der Waals surface area contributed by atoms with Crippen molar-refractivity contribution < 1.29 is 19.1 Å². The number of carbonyl (C=O) groups excluding carboxylic acids is 2. The molecule has 0 aromatic carbocycles. The summed E-state index contributed by atoms with van der Waals surface area (Å²) >= 11 is 0. The fraction of sp³-hybridized carbons (Fsp3) is 0.636. The third kappa shape index (κ3) is 1.63. The van der Waals surface area contributed by atoms with Crippen LogP contribution in [0.2, 0.25) is 0 Å². The molecule has 27 heavy (non-hydrogen) atoms. The minimum absolute atomic E-state index is 0.00975. The smallest absolute Gasteiger partial charge is 0.196 e. The Bertz CT molecular complexity index is 852. The summed E-state index contributed by atoms with van der Waals surface area (Å²) in [7, 11) is 3.79. The minimum Gasteiger partial charge on any atom is -0.493 e. The van der Waals surface area contributed by atoms with Gasteiger partial charge in [-0.3, -0.25) is 9.59 Å². The molecule has 2 bridgehead atoms. The summed E-state index contributed by atoms with van der Waals surface area (Å²) in [6.45, 7) is 0.897. The first-order valence-corrected chi connectivity index (χ1v) is 10.2. The molecule has 0 radical (unpaired) electrons. The quantitative estimate of drug-likeness (QED) is 0.766. The lowest BCUT2D eigenvalue weighted by Crippen LogP contribution is -2.73. The molecule has 6 atom stereocenters.